The highest BCUT2D eigenvalue weighted by atomic mass is 79.9. The van der Waals surface area contributed by atoms with Crippen LogP contribution in [0.15, 0.2) is 28.7 Å². The van der Waals surface area contributed by atoms with Gasteiger partial charge in [-0.2, -0.15) is 0 Å². The summed E-state index contributed by atoms with van der Waals surface area (Å²) in [7, 11) is 0. The van der Waals surface area contributed by atoms with Gasteiger partial charge >= 0.3 is 0 Å². The van der Waals surface area contributed by atoms with Crippen LogP contribution >= 0.6 is 28.1 Å². The predicted octanol–water partition coefficient (Wildman–Crippen LogP) is 3.20. The third-order valence-electron chi connectivity index (χ3n) is 2.94. The van der Waals surface area contributed by atoms with Crippen LogP contribution in [0.5, 0.6) is 0 Å². The molecule has 3 nitrogen and oxygen atoms in total. The van der Waals surface area contributed by atoms with Crippen molar-refractivity contribution in [1.82, 2.24) is 4.90 Å². The minimum Gasteiger partial charge on any atom is -0.358 e. The second-order valence-corrected chi connectivity index (χ2v) is 5.62. The lowest BCUT2D eigenvalue weighted by atomic mass is 10.1. The Kier molecular flexibility index (Phi) is 4.72. The molecule has 1 fully saturated rings. The number of carbonyl (C=O) groups is 1. The van der Waals surface area contributed by atoms with Gasteiger partial charge < -0.3 is 10.2 Å². The number of hydrogen-bond acceptors (Lipinski definition) is 2. The number of piperidine rings is 1. The number of nitrogens with one attached hydrogen (secondary N) is 1. The first-order valence-corrected chi connectivity index (χ1v) is 7.23. The Morgan fingerprint density at radius 1 is 1.17 bits per heavy atom. The van der Waals surface area contributed by atoms with Crippen LogP contribution in [0.1, 0.15) is 19.3 Å². The molecule has 1 aromatic rings. The van der Waals surface area contributed by atoms with Crippen molar-refractivity contribution < 1.29 is 4.79 Å². The lowest BCUT2D eigenvalue weighted by molar-refractivity contribution is -0.110. The molecular weight excluding hydrogens is 312 g/mol. The molecule has 0 saturated carbocycles. The fourth-order valence-corrected chi connectivity index (χ4v) is 2.46. The van der Waals surface area contributed by atoms with Crippen molar-refractivity contribution in [2.75, 3.05) is 18.4 Å². The van der Waals surface area contributed by atoms with Crippen molar-refractivity contribution in [3.05, 3.63) is 28.7 Å². The number of nitrogens with zero attached hydrogens (tertiary/aromatic N) is 1. The number of benzene rings is 1. The minimum absolute atomic E-state index is 0.186. The van der Waals surface area contributed by atoms with Crippen LogP contribution < -0.4 is 5.32 Å². The van der Waals surface area contributed by atoms with Gasteiger partial charge in [0.2, 0.25) is 0 Å². The van der Waals surface area contributed by atoms with Crippen molar-refractivity contribution in [3.8, 4) is 0 Å². The maximum absolute atomic E-state index is 12.0. The third-order valence-corrected chi connectivity index (χ3v) is 3.91. The summed E-state index contributed by atoms with van der Waals surface area (Å²) in [5.74, 6) is -0.186. The van der Waals surface area contributed by atoms with E-state index in [1.165, 1.54) is 6.42 Å². The number of rotatable bonds is 1. The molecule has 1 aliphatic rings. The third kappa shape index (κ3) is 3.53. The summed E-state index contributed by atoms with van der Waals surface area (Å²) in [5, 5.41) is 2.82. The van der Waals surface area contributed by atoms with Crippen LogP contribution in [0.4, 0.5) is 5.69 Å². The van der Waals surface area contributed by atoms with E-state index in [9.17, 15) is 4.79 Å². The van der Waals surface area contributed by atoms with Gasteiger partial charge in [0.25, 0.3) is 5.91 Å². The summed E-state index contributed by atoms with van der Waals surface area (Å²) >= 11 is 8.58. The first kappa shape index (κ1) is 13.5. The van der Waals surface area contributed by atoms with E-state index in [-0.39, 0.29) is 5.91 Å². The number of likely N-dealkylation sites (tertiary alicyclic amines) is 1. The molecule has 0 atom stereocenters. The monoisotopic (exact) mass is 326 g/mol. The van der Waals surface area contributed by atoms with Gasteiger partial charge in [-0.3, -0.25) is 4.79 Å². The highest BCUT2D eigenvalue weighted by Gasteiger charge is 2.19. The second kappa shape index (κ2) is 6.29. The smallest absolute Gasteiger partial charge is 0.283 e. The Morgan fingerprint density at radius 3 is 2.39 bits per heavy atom. The van der Waals surface area contributed by atoms with Gasteiger partial charge in [-0.15, -0.1) is 0 Å². The quantitative estimate of drug-likeness (QED) is 0.804. The number of anilines is 1. The van der Waals surface area contributed by atoms with Gasteiger partial charge in [0.1, 0.15) is 0 Å². The highest BCUT2D eigenvalue weighted by Crippen LogP contribution is 2.15. The zero-order valence-corrected chi connectivity index (χ0v) is 12.4. The summed E-state index contributed by atoms with van der Waals surface area (Å²) < 4.78 is 0.985. The topological polar surface area (TPSA) is 32.3 Å². The Morgan fingerprint density at radius 2 is 1.78 bits per heavy atom. The van der Waals surface area contributed by atoms with Crippen LogP contribution in [0, 0.1) is 0 Å². The van der Waals surface area contributed by atoms with E-state index in [0.717, 1.165) is 36.1 Å². The predicted molar refractivity (Wildman–Crippen MR) is 80.8 cm³/mol. The molecule has 1 aromatic carbocycles. The normalized spacial score (nSPS) is 15.3. The molecule has 2 rings (SSSR count). The van der Waals surface area contributed by atoms with E-state index in [1.54, 1.807) is 0 Å². The molecule has 1 N–H and O–H groups in total. The molecule has 1 saturated heterocycles. The molecule has 0 aromatic heterocycles. The van der Waals surface area contributed by atoms with E-state index in [4.69, 9.17) is 12.2 Å². The van der Waals surface area contributed by atoms with Crippen LogP contribution in [0.3, 0.4) is 0 Å². The number of hydrogen-bond donors (Lipinski definition) is 1. The average Bonchev–Trinajstić information content (AvgIpc) is 2.41. The Bertz CT molecular complexity index is 441. The molecular formula is C13H15BrN2OS. The molecule has 0 radical (unpaired) electrons. The SMILES string of the molecule is O=C(Nc1ccc(Br)cc1)C(=S)N1CCCCC1. The number of carbonyl (C=O) groups excluding carboxylic acids is 1. The summed E-state index contributed by atoms with van der Waals surface area (Å²) in [6.45, 7) is 1.79. The standard InChI is InChI=1S/C13H15BrN2OS/c14-10-4-6-11(7-5-10)15-12(17)13(18)16-8-2-1-3-9-16/h4-7H,1-3,8-9H2,(H,15,17). The molecule has 1 amide bonds. The van der Waals surface area contributed by atoms with Gasteiger partial charge in [-0.1, -0.05) is 28.1 Å². The molecule has 1 heterocycles. The summed E-state index contributed by atoms with van der Waals surface area (Å²) in [5.41, 5.74) is 0.766. The number of halogens is 1. The summed E-state index contributed by atoms with van der Waals surface area (Å²) in [6.07, 6.45) is 3.46. The second-order valence-electron chi connectivity index (χ2n) is 4.31. The zero-order valence-electron chi connectivity index (χ0n) is 9.99. The molecule has 5 heteroatoms. The van der Waals surface area contributed by atoms with Gasteiger partial charge in [0, 0.05) is 23.2 Å². The van der Waals surface area contributed by atoms with Crippen molar-refractivity contribution >= 4 is 44.7 Å². The van der Waals surface area contributed by atoms with Crippen molar-refractivity contribution in [2.45, 2.75) is 19.3 Å². The largest absolute Gasteiger partial charge is 0.358 e. The summed E-state index contributed by atoms with van der Waals surface area (Å²) in [4.78, 5) is 14.4. The van der Waals surface area contributed by atoms with Gasteiger partial charge in [0.05, 0.1) is 0 Å². The van der Waals surface area contributed by atoms with Crippen molar-refractivity contribution in [2.24, 2.45) is 0 Å². The molecule has 1 aliphatic heterocycles. The highest BCUT2D eigenvalue weighted by molar-refractivity contribution is 9.10. The van der Waals surface area contributed by atoms with Crippen LogP contribution in [0.2, 0.25) is 0 Å². The fraction of sp³-hybridized carbons (Fsp3) is 0.385. The molecule has 0 aliphatic carbocycles. The molecule has 0 bridgehead atoms. The molecule has 0 spiro atoms. The first-order chi connectivity index (χ1) is 8.66. The lowest BCUT2D eigenvalue weighted by Crippen LogP contribution is -2.41. The van der Waals surface area contributed by atoms with Gasteiger partial charge in [-0.25, -0.2) is 0 Å². The molecule has 96 valence electrons. The van der Waals surface area contributed by atoms with E-state index < -0.39 is 0 Å². The van der Waals surface area contributed by atoms with Gasteiger partial charge in [0.15, 0.2) is 4.99 Å². The summed E-state index contributed by atoms with van der Waals surface area (Å²) in [6, 6.07) is 7.47. The van der Waals surface area contributed by atoms with E-state index in [1.807, 2.05) is 29.2 Å². The zero-order chi connectivity index (χ0) is 13.0. The molecule has 18 heavy (non-hydrogen) atoms. The van der Waals surface area contributed by atoms with Crippen LogP contribution in [-0.4, -0.2) is 28.9 Å². The maximum Gasteiger partial charge on any atom is 0.283 e. The van der Waals surface area contributed by atoms with E-state index >= 15 is 0 Å². The Balaban J connectivity index is 1.94. The number of thiocarbonyl (C=S) groups is 1. The lowest BCUT2D eigenvalue weighted by Gasteiger charge is -2.28. The number of amides is 1. The van der Waals surface area contributed by atoms with Crippen molar-refractivity contribution in [1.29, 1.82) is 0 Å². The van der Waals surface area contributed by atoms with Crippen LogP contribution in [0.25, 0.3) is 0 Å². The average molecular weight is 327 g/mol. The van der Waals surface area contributed by atoms with E-state index in [2.05, 4.69) is 21.2 Å². The van der Waals surface area contributed by atoms with Crippen LogP contribution in [-0.2, 0) is 4.79 Å². The minimum atomic E-state index is -0.186. The Labute approximate surface area is 121 Å². The first-order valence-electron chi connectivity index (χ1n) is 6.02. The maximum atomic E-state index is 12.0. The van der Waals surface area contributed by atoms with E-state index in [0.29, 0.717) is 4.99 Å². The molecule has 0 unspecified atom stereocenters. The Hall–Kier alpha value is -0.940. The van der Waals surface area contributed by atoms with Gasteiger partial charge in [-0.05, 0) is 43.5 Å². The van der Waals surface area contributed by atoms with Crippen molar-refractivity contribution in [3.63, 3.8) is 0 Å². The fourth-order valence-electron chi connectivity index (χ4n) is 1.96.